The first-order chi connectivity index (χ1) is 17.1. The number of benzene rings is 2. The molecule has 2 aromatic carbocycles. The quantitative estimate of drug-likeness (QED) is 0.431. The number of carbonyl (C=O) groups excluding carboxylic acids is 2. The Labute approximate surface area is 211 Å². The van der Waals surface area contributed by atoms with Crippen LogP contribution in [0.1, 0.15) is 60.5 Å². The molecule has 1 saturated heterocycles. The van der Waals surface area contributed by atoms with Gasteiger partial charge in [0.25, 0.3) is 5.91 Å². The molecule has 0 radical (unpaired) electrons. The first-order valence-corrected chi connectivity index (χ1v) is 13.1. The second kappa shape index (κ2) is 10.8. The number of aromatic amines is 1. The maximum absolute atomic E-state index is 13.3. The van der Waals surface area contributed by atoms with Gasteiger partial charge >= 0.3 is 0 Å². The second-order valence-electron chi connectivity index (χ2n) is 9.88. The molecule has 1 atom stereocenters. The Morgan fingerprint density at radius 1 is 1.03 bits per heavy atom. The number of carbonyl (C=O) groups is 2. The van der Waals surface area contributed by atoms with Gasteiger partial charge in [0.15, 0.2) is 0 Å². The fourth-order valence-electron chi connectivity index (χ4n) is 5.53. The largest absolute Gasteiger partial charge is 0.360 e. The number of likely N-dealkylation sites (tertiary alicyclic amines) is 1. The molecule has 35 heavy (non-hydrogen) atoms. The van der Waals surface area contributed by atoms with Gasteiger partial charge < -0.3 is 20.5 Å². The van der Waals surface area contributed by atoms with Crippen molar-refractivity contribution in [2.45, 2.75) is 50.6 Å². The molecular formula is C28H33ClN4O2. The van der Waals surface area contributed by atoms with Crippen LogP contribution in [0.3, 0.4) is 0 Å². The Bertz CT molecular complexity index is 1160. The van der Waals surface area contributed by atoms with Crippen molar-refractivity contribution in [3.8, 4) is 0 Å². The molecule has 0 spiro atoms. The molecule has 1 aliphatic heterocycles. The summed E-state index contributed by atoms with van der Waals surface area (Å²) in [4.78, 5) is 32.1. The van der Waals surface area contributed by atoms with Crippen LogP contribution in [0, 0.1) is 5.92 Å². The number of hydrogen-bond acceptors (Lipinski definition) is 3. The van der Waals surface area contributed by atoms with Crippen LogP contribution < -0.4 is 10.6 Å². The molecule has 6 nitrogen and oxygen atoms in total. The van der Waals surface area contributed by atoms with Crippen molar-refractivity contribution in [3.63, 3.8) is 0 Å². The maximum atomic E-state index is 13.3. The van der Waals surface area contributed by atoms with E-state index in [2.05, 4.69) is 20.5 Å². The standard InChI is InChI=1S/C28H33ClN4O2/c29-24-18-30-25-16-21(10-11-23(24)25)27(34)32-26(20-6-2-1-3-7-20)28(35)31-17-19-12-14-33(15-13-19)22-8-4-5-9-22/h1-3,6-7,10-11,16,18-19,22,26,30H,4-5,8-9,12-15,17H2,(H,31,35)(H,32,34)/t26-/m1/s1. The van der Waals surface area contributed by atoms with Crippen LogP contribution in [0.15, 0.2) is 54.7 Å². The third-order valence-electron chi connectivity index (χ3n) is 7.62. The topological polar surface area (TPSA) is 77.2 Å². The molecule has 2 aliphatic rings. The van der Waals surface area contributed by atoms with Crippen LogP contribution in [0.25, 0.3) is 10.9 Å². The monoisotopic (exact) mass is 492 g/mol. The average Bonchev–Trinajstić information content (AvgIpc) is 3.57. The molecular weight excluding hydrogens is 460 g/mol. The number of amides is 2. The van der Waals surface area contributed by atoms with E-state index in [1.165, 1.54) is 25.7 Å². The van der Waals surface area contributed by atoms with Crippen LogP contribution in [-0.4, -0.2) is 47.4 Å². The second-order valence-corrected chi connectivity index (χ2v) is 10.3. The zero-order valence-corrected chi connectivity index (χ0v) is 20.7. The minimum absolute atomic E-state index is 0.174. The maximum Gasteiger partial charge on any atom is 0.252 e. The third-order valence-corrected chi connectivity index (χ3v) is 7.93. The lowest BCUT2D eigenvalue weighted by Gasteiger charge is -2.36. The summed E-state index contributed by atoms with van der Waals surface area (Å²) in [6.07, 6.45) is 9.31. The highest BCUT2D eigenvalue weighted by Crippen LogP contribution is 2.28. The fraction of sp³-hybridized carbons (Fsp3) is 0.429. The van der Waals surface area contributed by atoms with Gasteiger partial charge in [-0.1, -0.05) is 60.8 Å². The smallest absolute Gasteiger partial charge is 0.252 e. The number of nitrogens with zero attached hydrogens (tertiary/aromatic N) is 1. The van der Waals surface area contributed by atoms with Gasteiger partial charge in [0.05, 0.1) is 5.02 Å². The number of H-pyrrole nitrogens is 1. The van der Waals surface area contributed by atoms with Crippen molar-refractivity contribution < 1.29 is 9.59 Å². The van der Waals surface area contributed by atoms with Gasteiger partial charge in [-0.3, -0.25) is 9.59 Å². The summed E-state index contributed by atoms with van der Waals surface area (Å²) in [5.74, 6) is 0.00188. The summed E-state index contributed by atoms with van der Waals surface area (Å²) >= 11 is 6.16. The van der Waals surface area contributed by atoms with Gasteiger partial charge in [-0.15, -0.1) is 0 Å². The molecule has 0 unspecified atom stereocenters. The number of aromatic nitrogens is 1. The molecule has 2 amide bonds. The van der Waals surface area contributed by atoms with Crippen molar-refractivity contribution in [3.05, 3.63) is 70.9 Å². The first-order valence-electron chi connectivity index (χ1n) is 12.7. The predicted octanol–water partition coefficient (Wildman–Crippen LogP) is 5.06. The summed E-state index contributed by atoms with van der Waals surface area (Å²) in [6.45, 7) is 2.88. The van der Waals surface area contributed by atoms with E-state index >= 15 is 0 Å². The Morgan fingerprint density at radius 3 is 2.51 bits per heavy atom. The van der Waals surface area contributed by atoms with Crippen LogP contribution in [0.5, 0.6) is 0 Å². The lowest BCUT2D eigenvalue weighted by Crippen LogP contribution is -2.45. The number of piperidine rings is 1. The van der Waals surface area contributed by atoms with Crippen LogP contribution >= 0.6 is 11.6 Å². The zero-order valence-electron chi connectivity index (χ0n) is 19.9. The Balaban J connectivity index is 1.22. The number of nitrogens with one attached hydrogen (secondary N) is 3. The third kappa shape index (κ3) is 5.54. The highest BCUT2D eigenvalue weighted by atomic mass is 35.5. The molecule has 2 heterocycles. The number of hydrogen-bond donors (Lipinski definition) is 3. The van der Waals surface area contributed by atoms with E-state index in [0.29, 0.717) is 23.0 Å². The molecule has 2 fully saturated rings. The molecule has 1 aromatic heterocycles. The molecule has 1 aliphatic carbocycles. The van der Waals surface area contributed by atoms with E-state index in [9.17, 15) is 9.59 Å². The number of halogens is 1. The van der Waals surface area contributed by atoms with Crippen LogP contribution in [-0.2, 0) is 4.79 Å². The molecule has 3 N–H and O–H groups in total. The molecule has 1 saturated carbocycles. The molecule has 0 bridgehead atoms. The van der Waals surface area contributed by atoms with Gasteiger partial charge in [0.1, 0.15) is 6.04 Å². The fourth-order valence-corrected chi connectivity index (χ4v) is 5.75. The minimum Gasteiger partial charge on any atom is -0.360 e. The van der Waals surface area contributed by atoms with Gasteiger partial charge in [-0.2, -0.15) is 0 Å². The summed E-state index contributed by atoms with van der Waals surface area (Å²) in [6, 6.07) is 14.7. The van der Waals surface area contributed by atoms with Gasteiger partial charge in [0.2, 0.25) is 5.91 Å². The highest BCUT2D eigenvalue weighted by Gasteiger charge is 2.28. The average molecular weight is 493 g/mol. The van der Waals surface area contributed by atoms with Crippen molar-refractivity contribution in [1.82, 2.24) is 20.5 Å². The van der Waals surface area contributed by atoms with Gasteiger partial charge in [0, 0.05) is 35.2 Å². The molecule has 5 rings (SSSR count). The molecule has 7 heteroatoms. The Kier molecular flexibility index (Phi) is 7.40. The summed E-state index contributed by atoms with van der Waals surface area (Å²) in [5.41, 5.74) is 2.02. The SMILES string of the molecule is O=C(N[C@@H](C(=O)NCC1CCN(C2CCCC2)CC1)c1ccccc1)c1ccc2c(Cl)c[nH]c2c1. The van der Waals surface area contributed by atoms with E-state index in [4.69, 9.17) is 11.6 Å². The summed E-state index contributed by atoms with van der Waals surface area (Å²) < 4.78 is 0. The minimum atomic E-state index is -0.759. The van der Waals surface area contributed by atoms with Crippen molar-refractivity contribution >= 4 is 34.3 Å². The zero-order chi connectivity index (χ0) is 24.2. The lowest BCUT2D eigenvalue weighted by molar-refractivity contribution is -0.123. The lowest BCUT2D eigenvalue weighted by atomic mass is 9.95. The van der Waals surface area contributed by atoms with Crippen molar-refractivity contribution in [1.29, 1.82) is 0 Å². The summed E-state index contributed by atoms with van der Waals surface area (Å²) in [5, 5.41) is 7.55. The summed E-state index contributed by atoms with van der Waals surface area (Å²) in [7, 11) is 0. The van der Waals surface area contributed by atoms with E-state index in [1.807, 2.05) is 36.4 Å². The normalized spacial score (nSPS) is 18.5. The Hall–Kier alpha value is -2.83. The van der Waals surface area contributed by atoms with Gasteiger partial charge in [-0.05, 0) is 62.4 Å². The van der Waals surface area contributed by atoms with Crippen molar-refractivity contribution in [2.24, 2.45) is 5.92 Å². The van der Waals surface area contributed by atoms with Crippen LogP contribution in [0.4, 0.5) is 0 Å². The predicted molar refractivity (Wildman–Crippen MR) is 140 cm³/mol. The first kappa shape index (κ1) is 23.9. The van der Waals surface area contributed by atoms with E-state index in [0.717, 1.165) is 48.4 Å². The van der Waals surface area contributed by atoms with Crippen molar-refractivity contribution in [2.75, 3.05) is 19.6 Å². The van der Waals surface area contributed by atoms with E-state index < -0.39 is 6.04 Å². The highest BCUT2D eigenvalue weighted by molar-refractivity contribution is 6.35. The van der Waals surface area contributed by atoms with Crippen LogP contribution in [0.2, 0.25) is 5.02 Å². The molecule has 184 valence electrons. The molecule has 3 aromatic rings. The van der Waals surface area contributed by atoms with E-state index in [1.54, 1.807) is 18.3 Å². The Morgan fingerprint density at radius 2 is 1.77 bits per heavy atom. The van der Waals surface area contributed by atoms with E-state index in [-0.39, 0.29) is 11.8 Å². The van der Waals surface area contributed by atoms with Gasteiger partial charge in [-0.25, -0.2) is 0 Å². The number of fused-ring (bicyclic) bond motifs is 1. The number of rotatable bonds is 7.